The number of nitrogens with one attached hydrogen (secondary N) is 1. The second-order valence-corrected chi connectivity index (χ2v) is 8.03. The first kappa shape index (κ1) is 13.8. The Balaban J connectivity index is 2.00. The van der Waals surface area contributed by atoms with Gasteiger partial charge in [0.1, 0.15) is 15.4 Å². The Morgan fingerprint density at radius 1 is 1.28 bits per heavy atom. The average Bonchev–Trinajstić information content (AvgIpc) is 2.22. The molecule has 2 rings (SSSR count). The minimum Gasteiger partial charge on any atom is -0.480 e. The molecule has 0 bridgehead atoms. The van der Waals surface area contributed by atoms with Crippen LogP contribution in [-0.2, 0) is 14.6 Å². The van der Waals surface area contributed by atoms with Crippen LogP contribution in [0.2, 0.25) is 0 Å². The first-order valence-electron chi connectivity index (χ1n) is 6.53. The van der Waals surface area contributed by atoms with Crippen LogP contribution in [0.1, 0.15) is 44.9 Å². The summed E-state index contributed by atoms with van der Waals surface area (Å²) in [5.41, 5.74) is -0.788. The average molecular weight is 275 g/mol. The van der Waals surface area contributed by atoms with Gasteiger partial charge >= 0.3 is 5.97 Å². The van der Waals surface area contributed by atoms with Crippen molar-refractivity contribution in [3.8, 4) is 0 Å². The van der Waals surface area contributed by atoms with E-state index >= 15 is 0 Å². The van der Waals surface area contributed by atoms with Crippen LogP contribution in [0.4, 0.5) is 0 Å². The van der Waals surface area contributed by atoms with E-state index in [4.69, 9.17) is 0 Å². The molecule has 0 spiro atoms. The molecule has 2 aliphatic rings. The lowest BCUT2D eigenvalue weighted by atomic mass is 9.75. The quantitative estimate of drug-likeness (QED) is 0.797. The van der Waals surface area contributed by atoms with Crippen molar-refractivity contribution in [1.29, 1.82) is 0 Å². The Bertz CT molecular complexity index is 427. The molecule has 0 heterocycles. The molecule has 2 saturated carbocycles. The van der Waals surface area contributed by atoms with Crippen molar-refractivity contribution in [3.63, 3.8) is 0 Å². The summed E-state index contributed by atoms with van der Waals surface area (Å²) >= 11 is 0. The van der Waals surface area contributed by atoms with Gasteiger partial charge in [0.15, 0.2) is 0 Å². The molecule has 0 aromatic rings. The van der Waals surface area contributed by atoms with Crippen molar-refractivity contribution >= 4 is 15.8 Å². The maximum atomic E-state index is 11.6. The Morgan fingerprint density at radius 3 is 2.39 bits per heavy atom. The van der Waals surface area contributed by atoms with Gasteiger partial charge in [-0.05, 0) is 38.5 Å². The van der Waals surface area contributed by atoms with Gasteiger partial charge in [-0.15, -0.1) is 0 Å². The van der Waals surface area contributed by atoms with E-state index in [-0.39, 0.29) is 11.3 Å². The maximum absolute atomic E-state index is 11.6. The van der Waals surface area contributed by atoms with Crippen molar-refractivity contribution in [2.24, 2.45) is 0 Å². The molecule has 2 fully saturated rings. The maximum Gasteiger partial charge on any atom is 0.323 e. The fraction of sp³-hybridized carbons (Fsp3) is 0.917. The van der Waals surface area contributed by atoms with Crippen molar-refractivity contribution in [1.82, 2.24) is 5.32 Å². The van der Waals surface area contributed by atoms with E-state index in [1.165, 1.54) is 6.26 Å². The van der Waals surface area contributed by atoms with Gasteiger partial charge in [-0.2, -0.15) is 0 Å². The number of hydrogen-bond acceptors (Lipinski definition) is 4. The van der Waals surface area contributed by atoms with Gasteiger partial charge in [0.25, 0.3) is 0 Å². The Morgan fingerprint density at radius 2 is 1.94 bits per heavy atom. The van der Waals surface area contributed by atoms with Gasteiger partial charge in [-0.1, -0.05) is 6.42 Å². The molecule has 0 radical (unpaired) electrons. The molecular formula is C12H21NO4S. The molecule has 104 valence electrons. The monoisotopic (exact) mass is 275 g/mol. The lowest BCUT2D eigenvalue weighted by Gasteiger charge is -2.43. The standard InChI is InChI=1S/C12H21NO4S/c1-18(16,17)10-5-2-4-9(8-10)13-12(11(14)15)6-3-7-12/h9-10,13H,2-8H2,1H3,(H,14,15). The van der Waals surface area contributed by atoms with Crippen LogP contribution < -0.4 is 5.32 Å². The summed E-state index contributed by atoms with van der Waals surface area (Å²) < 4.78 is 23.1. The van der Waals surface area contributed by atoms with E-state index in [1.807, 2.05) is 0 Å². The highest BCUT2D eigenvalue weighted by Gasteiger charge is 2.46. The van der Waals surface area contributed by atoms with Gasteiger partial charge in [-0.3, -0.25) is 10.1 Å². The van der Waals surface area contributed by atoms with Gasteiger partial charge in [-0.25, -0.2) is 8.42 Å². The molecule has 2 N–H and O–H groups in total. The number of carboxylic acid groups (broad SMARTS) is 1. The Hall–Kier alpha value is -0.620. The molecule has 2 aliphatic carbocycles. The van der Waals surface area contributed by atoms with Crippen molar-refractivity contribution in [3.05, 3.63) is 0 Å². The second kappa shape index (κ2) is 4.81. The summed E-state index contributed by atoms with van der Waals surface area (Å²) in [5.74, 6) is -0.796. The molecule has 0 amide bonds. The molecule has 0 aromatic heterocycles. The number of aliphatic carboxylic acids is 1. The van der Waals surface area contributed by atoms with E-state index < -0.39 is 21.3 Å². The molecule has 18 heavy (non-hydrogen) atoms. The fourth-order valence-corrected chi connectivity index (χ4v) is 4.18. The molecule has 0 saturated heterocycles. The summed E-state index contributed by atoms with van der Waals surface area (Å²) in [6.07, 6.45) is 6.50. The summed E-state index contributed by atoms with van der Waals surface area (Å²) in [4.78, 5) is 11.3. The summed E-state index contributed by atoms with van der Waals surface area (Å²) in [5, 5.41) is 12.2. The number of hydrogen-bond donors (Lipinski definition) is 2. The third-order valence-electron chi connectivity index (χ3n) is 4.33. The lowest BCUT2D eigenvalue weighted by Crippen LogP contribution is -2.61. The van der Waals surface area contributed by atoms with Crippen LogP contribution in [0.5, 0.6) is 0 Å². The largest absolute Gasteiger partial charge is 0.480 e. The number of carboxylic acids is 1. The highest BCUT2D eigenvalue weighted by Crippen LogP contribution is 2.35. The van der Waals surface area contributed by atoms with Crippen LogP contribution in [-0.4, -0.2) is 42.6 Å². The summed E-state index contributed by atoms with van der Waals surface area (Å²) in [7, 11) is -3.01. The topological polar surface area (TPSA) is 83.5 Å². The van der Waals surface area contributed by atoms with Crippen LogP contribution in [0.15, 0.2) is 0 Å². The predicted molar refractivity (Wildman–Crippen MR) is 68.2 cm³/mol. The highest BCUT2D eigenvalue weighted by molar-refractivity contribution is 7.91. The van der Waals surface area contributed by atoms with Gasteiger partial charge in [0, 0.05) is 12.3 Å². The zero-order valence-corrected chi connectivity index (χ0v) is 11.5. The van der Waals surface area contributed by atoms with Gasteiger partial charge in [0.2, 0.25) is 0 Å². The first-order chi connectivity index (χ1) is 8.33. The molecule has 6 heteroatoms. The smallest absolute Gasteiger partial charge is 0.323 e. The van der Waals surface area contributed by atoms with Crippen LogP contribution in [0, 0.1) is 0 Å². The first-order valence-corrected chi connectivity index (χ1v) is 8.49. The molecule has 0 aliphatic heterocycles. The van der Waals surface area contributed by atoms with E-state index in [2.05, 4.69) is 5.32 Å². The van der Waals surface area contributed by atoms with Gasteiger partial charge in [0.05, 0.1) is 5.25 Å². The Labute approximate surface area is 108 Å². The van der Waals surface area contributed by atoms with Crippen LogP contribution in [0.3, 0.4) is 0 Å². The minimum atomic E-state index is -3.01. The van der Waals surface area contributed by atoms with Crippen LogP contribution in [0.25, 0.3) is 0 Å². The van der Waals surface area contributed by atoms with Gasteiger partial charge < -0.3 is 5.11 Å². The number of sulfone groups is 1. The van der Waals surface area contributed by atoms with Crippen LogP contribution >= 0.6 is 0 Å². The third kappa shape index (κ3) is 2.69. The summed E-state index contributed by atoms with van der Waals surface area (Å²) in [6, 6.07) is 0.0230. The number of rotatable bonds is 4. The third-order valence-corrected chi connectivity index (χ3v) is 5.97. The highest BCUT2D eigenvalue weighted by atomic mass is 32.2. The second-order valence-electron chi connectivity index (χ2n) is 5.70. The predicted octanol–water partition coefficient (Wildman–Crippen LogP) is 0.939. The molecular weight excluding hydrogens is 254 g/mol. The summed E-state index contributed by atoms with van der Waals surface area (Å²) in [6.45, 7) is 0. The molecule has 0 aromatic carbocycles. The van der Waals surface area contributed by atoms with E-state index in [9.17, 15) is 18.3 Å². The lowest BCUT2D eigenvalue weighted by molar-refractivity contribution is -0.149. The molecule has 2 atom stereocenters. The zero-order chi connectivity index (χ0) is 13.4. The van der Waals surface area contributed by atoms with E-state index in [0.29, 0.717) is 25.7 Å². The van der Waals surface area contributed by atoms with Crippen molar-refractivity contribution < 1.29 is 18.3 Å². The van der Waals surface area contributed by atoms with E-state index in [1.54, 1.807) is 0 Å². The fourth-order valence-electron chi connectivity index (χ4n) is 3.01. The Kier molecular flexibility index (Phi) is 3.69. The number of carbonyl (C=O) groups is 1. The zero-order valence-electron chi connectivity index (χ0n) is 10.7. The van der Waals surface area contributed by atoms with Crippen molar-refractivity contribution in [2.45, 2.75) is 61.8 Å². The normalized spacial score (nSPS) is 31.6. The SMILES string of the molecule is CS(=O)(=O)C1CCCC(NC2(C(=O)O)CCC2)C1. The molecule has 5 nitrogen and oxygen atoms in total. The minimum absolute atomic E-state index is 0.0230. The van der Waals surface area contributed by atoms with Crippen molar-refractivity contribution in [2.75, 3.05) is 6.26 Å². The molecule has 2 unspecified atom stereocenters. The van der Waals surface area contributed by atoms with E-state index in [0.717, 1.165) is 19.3 Å².